The summed E-state index contributed by atoms with van der Waals surface area (Å²) in [6, 6.07) is 5.70. The largest absolute Gasteiger partial charge is 0.341 e. The van der Waals surface area contributed by atoms with Gasteiger partial charge in [-0.25, -0.2) is 9.37 Å². The summed E-state index contributed by atoms with van der Waals surface area (Å²) in [5.41, 5.74) is 1.16. The zero-order valence-electron chi connectivity index (χ0n) is 14.7. The van der Waals surface area contributed by atoms with Crippen LogP contribution in [-0.2, 0) is 11.3 Å². The number of H-pyrrole nitrogens is 1. The van der Waals surface area contributed by atoms with Gasteiger partial charge in [-0.2, -0.15) is 0 Å². The molecule has 4 rings (SSSR count). The molecule has 2 aliphatic rings. The van der Waals surface area contributed by atoms with Gasteiger partial charge in [-0.3, -0.25) is 9.69 Å². The molecule has 1 aromatic heterocycles. The lowest BCUT2D eigenvalue weighted by Gasteiger charge is -2.34. The summed E-state index contributed by atoms with van der Waals surface area (Å²) in [5, 5.41) is 0. The van der Waals surface area contributed by atoms with E-state index in [0.717, 1.165) is 50.1 Å². The number of carbonyl (C=O) groups excluding carboxylic acids is 1. The average molecular weight is 344 g/mol. The van der Waals surface area contributed by atoms with E-state index in [1.54, 1.807) is 6.07 Å². The van der Waals surface area contributed by atoms with Crippen molar-refractivity contribution in [2.24, 2.45) is 0 Å². The molecule has 134 valence electrons. The first-order valence-corrected chi connectivity index (χ1v) is 9.34. The highest BCUT2D eigenvalue weighted by molar-refractivity contribution is 5.76. The summed E-state index contributed by atoms with van der Waals surface area (Å²) in [7, 11) is 0. The van der Waals surface area contributed by atoms with Crippen molar-refractivity contribution in [1.82, 2.24) is 19.8 Å². The maximum atomic E-state index is 13.9. The average Bonchev–Trinajstić information content (AvgIpc) is 3.33. The molecular formula is C19H25FN4O. The third-order valence-electron chi connectivity index (χ3n) is 5.65. The number of hydrogen-bond acceptors (Lipinski definition) is 3. The van der Waals surface area contributed by atoms with Crippen LogP contribution in [0.2, 0.25) is 0 Å². The number of imidazole rings is 1. The summed E-state index contributed by atoms with van der Waals surface area (Å²) in [6.07, 6.45) is 5.01. The fourth-order valence-corrected chi connectivity index (χ4v) is 4.50. The molecule has 5 nitrogen and oxygen atoms in total. The molecular weight excluding hydrogens is 319 g/mol. The second-order valence-corrected chi connectivity index (χ2v) is 7.15. The van der Waals surface area contributed by atoms with Crippen molar-refractivity contribution >= 4 is 16.9 Å². The molecule has 2 aliphatic heterocycles. The van der Waals surface area contributed by atoms with E-state index in [-0.39, 0.29) is 11.7 Å². The summed E-state index contributed by atoms with van der Waals surface area (Å²) in [5.74, 6) is 0.784. The molecule has 1 amide bonds. The third kappa shape index (κ3) is 3.03. The SMILES string of the molecule is CCC(=O)N1CCCC1C1CCCN1Cc1nc2c(F)cccc2[nH]1. The molecule has 3 heterocycles. The van der Waals surface area contributed by atoms with Crippen molar-refractivity contribution in [3.8, 4) is 0 Å². The van der Waals surface area contributed by atoms with Gasteiger partial charge in [0, 0.05) is 25.0 Å². The topological polar surface area (TPSA) is 52.2 Å². The first-order chi connectivity index (χ1) is 12.2. The van der Waals surface area contributed by atoms with E-state index in [2.05, 4.69) is 19.8 Å². The van der Waals surface area contributed by atoms with Crippen molar-refractivity contribution in [2.45, 2.75) is 57.7 Å². The minimum absolute atomic E-state index is 0.264. The van der Waals surface area contributed by atoms with Crippen LogP contribution in [0.1, 0.15) is 44.9 Å². The zero-order chi connectivity index (χ0) is 17.4. The second kappa shape index (κ2) is 6.75. The van der Waals surface area contributed by atoms with Crippen LogP contribution in [0.25, 0.3) is 11.0 Å². The van der Waals surface area contributed by atoms with Gasteiger partial charge in [0.15, 0.2) is 5.82 Å². The lowest BCUT2D eigenvalue weighted by molar-refractivity contribution is -0.132. The van der Waals surface area contributed by atoms with Crippen LogP contribution in [0.4, 0.5) is 4.39 Å². The molecule has 0 saturated carbocycles. The lowest BCUT2D eigenvalue weighted by atomic mass is 10.0. The molecule has 2 aromatic rings. The fourth-order valence-electron chi connectivity index (χ4n) is 4.50. The van der Waals surface area contributed by atoms with Crippen LogP contribution in [-0.4, -0.2) is 50.8 Å². The third-order valence-corrected chi connectivity index (χ3v) is 5.65. The smallest absolute Gasteiger partial charge is 0.222 e. The number of hydrogen-bond donors (Lipinski definition) is 1. The van der Waals surface area contributed by atoms with E-state index in [1.807, 2.05) is 13.0 Å². The van der Waals surface area contributed by atoms with Crippen LogP contribution >= 0.6 is 0 Å². The number of nitrogens with one attached hydrogen (secondary N) is 1. The number of rotatable bonds is 4. The van der Waals surface area contributed by atoms with Gasteiger partial charge >= 0.3 is 0 Å². The molecule has 2 saturated heterocycles. The van der Waals surface area contributed by atoms with Gasteiger partial charge in [0.05, 0.1) is 12.1 Å². The minimum atomic E-state index is -0.284. The summed E-state index contributed by atoms with van der Waals surface area (Å²) < 4.78 is 13.9. The second-order valence-electron chi connectivity index (χ2n) is 7.15. The Kier molecular flexibility index (Phi) is 4.46. The number of nitrogens with zero attached hydrogens (tertiary/aromatic N) is 3. The number of aromatic nitrogens is 2. The van der Waals surface area contributed by atoms with Gasteiger partial charge in [0.1, 0.15) is 11.3 Å². The number of aromatic amines is 1. The Bertz CT molecular complexity index is 774. The van der Waals surface area contributed by atoms with E-state index in [4.69, 9.17) is 0 Å². The van der Waals surface area contributed by atoms with E-state index in [1.165, 1.54) is 6.07 Å². The van der Waals surface area contributed by atoms with Gasteiger partial charge in [0.25, 0.3) is 0 Å². The Morgan fingerprint density at radius 3 is 2.88 bits per heavy atom. The van der Waals surface area contributed by atoms with Gasteiger partial charge in [-0.15, -0.1) is 0 Å². The van der Waals surface area contributed by atoms with Gasteiger partial charge in [-0.05, 0) is 44.4 Å². The predicted molar refractivity (Wildman–Crippen MR) is 94.5 cm³/mol. The molecule has 0 spiro atoms. The molecule has 6 heteroatoms. The quantitative estimate of drug-likeness (QED) is 0.927. The maximum Gasteiger partial charge on any atom is 0.222 e. The molecule has 1 aromatic carbocycles. The highest BCUT2D eigenvalue weighted by Crippen LogP contribution is 2.31. The van der Waals surface area contributed by atoms with Gasteiger partial charge in [0.2, 0.25) is 5.91 Å². The molecule has 0 radical (unpaired) electrons. The maximum absolute atomic E-state index is 13.9. The van der Waals surface area contributed by atoms with Crippen molar-refractivity contribution in [3.63, 3.8) is 0 Å². The molecule has 0 bridgehead atoms. The number of likely N-dealkylation sites (tertiary alicyclic amines) is 2. The van der Waals surface area contributed by atoms with Gasteiger partial charge < -0.3 is 9.88 Å². The molecule has 25 heavy (non-hydrogen) atoms. The Hall–Kier alpha value is -1.95. The number of benzene rings is 1. The predicted octanol–water partition coefficient (Wildman–Crippen LogP) is 3.07. The molecule has 0 aliphatic carbocycles. The molecule has 2 atom stereocenters. The highest BCUT2D eigenvalue weighted by atomic mass is 19.1. The van der Waals surface area contributed by atoms with Crippen LogP contribution in [0.5, 0.6) is 0 Å². The van der Waals surface area contributed by atoms with Gasteiger partial charge in [-0.1, -0.05) is 13.0 Å². The molecule has 2 unspecified atom stereocenters. The first kappa shape index (κ1) is 16.5. The summed E-state index contributed by atoms with van der Waals surface area (Å²) in [6.45, 7) is 4.52. The number of halogens is 1. The summed E-state index contributed by atoms with van der Waals surface area (Å²) >= 11 is 0. The molecule has 2 fully saturated rings. The number of para-hydroxylation sites is 1. The number of amides is 1. The lowest BCUT2D eigenvalue weighted by Crippen LogP contribution is -2.47. The van der Waals surface area contributed by atoms with Crippen molar-refractivity contribution < 1.29 is 9.18 Å². The van der Waals surface area contributed by atoms with Crippen LogP contribution < -0.4 is 0 Å². The van der Waals surface area contributed by atoms with E-state index in [9.17, 15) is 9.18 Å². The van der Waals surface area contributed by atoms with Crippen LogP contribution in [0.15, 0.2) is 18.2 Å². The van der Waals surface area contributed by atoms with Crippen LogP contribution in [0.3, 0.4) is 0 Å². The Labute approximate surface area is 147 Å². The zero-order valence-corrected chi connectivity index (χ0v) is 14.7. The Balaban J connectivity index is 1.53. The summed E-state index contributed by atoms with van der Waals surface area (Å²) in [4.78, 5) is 24.5. The normalized spacial score (nSPS) is 24.5. The Morgan fingerprint density at radius 1 is 1.28 bits per heavy atom. The standard InChI is InChI=1S/C19H25FN4O/c1-2-18(25)24-11-5-9-16(24)15-8-4-10-23(15)12-17-21-14-7-3-6-13(20)19(14)22-17/h3,6-7,15-16H,2,4-5,8-12H2,1H3,(H,21,22). The number of carbonyl (C=O) groups is 1. The minimum Gasteiger partial charge on any atom is -0.341 e. The fraction of sp³-hybridized carbons (Fsp3) is 0.579. The Morgan fingerprint density at radius 2 is 2.08 bits per heavy atom. The number of fused-ring (bicyclic) bond motifs is 1. The monoisotopic (exact) mass is 344 g/mol. The van der Waals surface area contributed by atoms with Crippen LogP contribution in [0, 0.1) is 5.82 Å². The first-order valence-electron chi connectivity index (χ1n) is 9.34. The van der Waals surface area contributed by atoms with E-state index >= 15 is 0 Å². The molecule has 1 N–H and O–H groups in total. The van der Waals surface area contributed by atoms with E-state index in [0.29, 0.717) is 30.6 Å². The highest BCUT2D eigenvalue weighted by Gasteiger charge is 2.39. The van der Waals surface area contributed by atoms with E-state index < -0.39 is 0 Å². The van der Waals surface area contributed by atoms with Crippen molar-refractivity contribution in [3.05, 3.63) is 29.8 Å². The van der Waals surface area contributed by atoms with Crippen molar-refractivity contribution in [1.29, 1.82) is 0 Å². The van der Waals surface area contributed by atoms with Crippen molar-refractivity contribution in [2.75, 3.05) is 13.1 Å².